The molecule has 5 nitrogen and oxygen atoms in total. The lowest BCUT2D eigenvalue weighted by atomic mass is 10.2. The summed E-state index contributed by atoms with van der Waals surface area (Å²) < 4.78 is 18.6. The van der Waals surface area contributed by atoms with Gasteiger partial charge in [0.1, 0.15) is 17.9 Å². The van der Waals surface area contributed by atoms with E-state index < -0.39 is 0 Å². The van der Waals surface area contributed by atoms with Crippen LogP contribution >= 0.6 is 11.8 Å². The second-order valence-electron chi connectivity index (χ2n) is 5.24. The van der Waals surface area contributed by atoms with Crippen LogP contribution in [-0.2, 0) is 5.75 Å². The minimum absolute atomic E-state index is 0.374. The predicted molar refractivity (Wildman–Crippen MR) is 98.7 cm³/mol. The van der Waals surface area contributed by atoms with E-state index in [4.69, 9.17) is 4.74 Å². The number of halogens is 1. The van der Waals surface area contributed by atoms with Crippen molar-refractivity contribution in [1.82, 2.24) is 15.0 Å². The van der Waals surface area contributed by atoms with Gasteiger partial charge < -0.3 is 10.1 Å². The zero-order chi connectivity index (χ0) is 17.6. The molecule has 0 saturated carbocycles. The molecule has 0 unspecified atom stereocenters. The molecule has 2 aromatic carbocycles. The number of nitrogens with one attached hydrogen (secondary N) is 1. The first-order valence-electron chi connectivity index (χ1n) is 7.57. The number of aromatic nitrogens is 3. The second kappa shape index (κ2) is 7.94. The van der Waals surface area contributed by atoms with E-state index in [2.05, 4.69) is 38.7 Å². The highest BCUT2D eigenvalue weighted by molar-refractivity contribution is 7.97. The summed E-state index contributed by atoms with van der Waals surface area (Å²) in [5, 5.41) is 3.18. The normalized spacial score (nSPS) is 10.5. The largest absolute Gasteiger partial charge is 0.496 e. The zero-order valence-electron chi connectivity index (χ0n) is 13.9. The van der Waals surface area contributed by atoms with Crippen LogP contribution in [0.25, 0.3) is 11.4 Å². The van der Waals surface area contributed by atoms with Crippen LogP contribution in [0.2, 0.25) is 0 Å². The molecular weight excluding hydrogens is 339 g/mol. The summed E-state index contributed by atoms with van der Waals surface area (Å²) in [5.41, 5.74) is 2.72. The fourth-order valence-electron chi connectivity index (χ4n) is 2.37. The van der Waals surface area contributed by atoms with Gasteiger partial charge in [0.15, 0.2) is 5.82 Å². The first-order chi connectivity index (χ1) is 12.2. The maximum Gasteiger partial charge on any atom is 0.230 e. The molecule has 1 heterocycles. The Hall–Kier alpha value is -2.67. The summed E-state index contributed by atoms with van der Waals surface area (Å²) in [6, 6.07) is 12.3. The third-order valence-corrected chi connectivity index (χ3v) is 4.09. The molecule has 0 aliphatic rings. The van der Waals surface area contributed by atoms with E-state index in [1.54, 1.807) is 17.8 Å². The zero-order valence-corrected chi connectivity index (χ0v) is 14.7. The molecular formula is C18H17FN4OS. The van der Waals surface area contributed by atoms with Gasteiger partial charge in [-0.2, -0.15) is 16.7 Å². The molecule has 0 aliphatic heterocycles. The van der Waals surface area contributed by atoms with E-state index >= 15 is 0 Å². The highest BCUT2D eigenvalue weighted by Gasteiger charge is 2.11. The molecule has 0 aliphatic carbocycles. The van der Waals surface area contributed by atoms with Gasteiger partial charge >= 0.3 is 0 Å². The average molecular weight is 356 g/mol. The Bertz CT molecular complexity index is 875. The van der Waals surface area contributed by atoms with Gasteiger partial charge in [0.05, 0.1) is 12.7 Å². The fraction of sp³-hybridized carbons (Fsp3) is 0.167. The standard InChI is InChI=1S/C18H17FN4OS/c1-24-16-9-13(19)6-7-15(16)17-20-11-21-18(23-17)22-14-5-3-4-12(8-14)10-25-2/h3-9,11H,10H2,1-2H3,(H,20,21,22,23). The smallest absolute Gasteiger partial charge is 0.230 e. The van der Waals surface area contributed by atoms with Gasteiger partial charge in [-0.25, -0.2) is 14.4 Å². The van der Waals surface area contributed by atoms with Gasteiger partial charge in [-0.05, 0) is 36.1 Å². The van der Waals surface area contributed by atoms with Crippen molar-refractivity contribution in [2.24, 2.45) is 0 Å². The Morgan fingerprint density at radius 3 is 2.84 bits per heavy atom. The topological polar surface area (TPSA) is 59.9 Å². The Morgan fingerprint density at radius 2 is 2.04 bits per heavy atom. The van der Waals surface area contributed by atoms with Crippen molar-refractivity contribution in [1.29, 1.82) is 0 Å². The second-order valence-corrected chi connectivity index (χ2v) is 6.10. The Morgan fingerprint density at radius 1 is 1.16 bits per heavy atom. The van der Waals surface area contributed by atoms with E-state index in [0.717, 1.165) is 11.4 Å². The van der Waals surface area contributed by atoms with Crippen LogP contribution in [0.3, 0.4) is 0 Å². The molecule has 0 bridgehead atoms. The van der Waals surface area contributed by atoms with Crippen molar-refractivity contribution >= 4 is 23.4 Å². The van der Waals surface area contributed by atoms with Gasteiger partial charge in [0.2, 0.25) is 5.95 Å². The van der Waals surface area contributed by atoms with Crippen molar-refractivity contribution in [2.75, 3.05) is 18.7 Å². The van der Waals surface area contributed by atoms with Gasteiger partial charge in [-0.1, -0.05) is 12.1 Å². The highest BCUT2D eigenvalue weighted by atomic mass is 32.2. The lowest BCUT2D eigenvalue weighted by Crippen LogP contribution is -2.01. The van der Waals surface area contributed by atoms with Gasteiger partial charge in [0, 0.05) is 17.5 Å². The monoisotopic (exact) mass is 356 g/mol. The summed E-state index contributed by atoms with van der Waals surface area (Å²) in [7, 11) is 1.48. The van der Waals surface area contributed by atoms with Crippen molar-refractivity contribution < 1.29 is 9.13 Å². The Balaban J connectivity index is 1.88. The SMILES string of the molecule is COc1cc(F)ccc1-c1ncnc(Nc2cccc(CSC)c2)n1. The fourth-order valence-corrected chi connectivity index (χ4v) is 2.88. The molecule has 25 heavy (non-hydrogen) atoms. The average Bonchev–Trinajstić information content (AvgIpc) is 2.62. The maximum atomic E-state index is 13.4. The number of nitrogens with zero attached hydrogens (tertiary/aromatic N) is 3. The number of benzene rings is 2. The van der Waals surface area contributed by atoms with E-state index in [1.165, 1.54) is 31.1 Å². The summed E-state index contributed by atoms with van der Waals surface area (Å²) in [5.74, 6) is 1.76. The van der Waals surface area contributed by atoms with Crippen LogP contribution in [0.1, 0.15) is 5.56 Å². The quantitative estimate of drug-likeness (QED) is 0.711. The van der Waals surface area contributed by atoms with E-state index in [1.807, 2.05) is 12.1 Å². The third-order valence-electron chi connectivity index (χ3n) is 3.47. The van der Waals surface area contributed by atoms with Crippen LogP contribution < -0.4 is 10.1 Å². The minimum Gasteiger partial charge on any atom is -0.496 e. The molecule has 7 heteroatoms. The van der Waals surface area contributed by atoms with Crippen LogP contribution in [0.4, 0.5) is 16.0 Å². The molecule has 0 fully saturated rings. The van der Waals surface area contributed by atoms with Crippen LogP contribution in [-0.4, -0.2) is 28.3 Å². The third kappa shape index (κ3) is 4.24. The minimum atomic E-state index is -0.376. The number of ether oxygens (including phenoxy) is 1. The van der Waals surface area contributed by atoms with Crippen molar-refractivity contribution in [3.63, 3.8) is 0 Å². The van der Waals surface area contributed by atoms with Crippen LogP contribution in [0, 0.1) is 5.82 Å². The van der Waals surface area contributed by atoms with Crippen LogP contribution in [0.15, 0.2) is 48.8 Å². The molecule has 0 atom stereocenters. The molecule has 128 valence electrons. The molecule has 3 rings (SSSR count). The number of anilines is 2. The molecule has 0 amide bonds. The van der Waals surface area contributed by atoms with E-state index in [9.17, 15) is 4.39 Å². The Labute approximate surface area is 149 Å². The van der Waals surface area contributed by atoms with E-state index in [-0.39, 0.29) is 5.82 Å². The highest BCUT2D eigenvalue weighted by Crippen LogP contribution is 2.28. The summed E-state index contributed by atoms with van der Waals surface area (Å²) in [4.78, 5) is 12.7. The van der Waals surface area contributed by atoms with E-state index in [0.29, 0.717) is 23.1 Å². The number of thioether (sulfide) groups is 1. The molecule has 1 aromatic heterocycles. The van der Waals surface area contributed by atoms with Gasteiger partial charge in [-0.15, -0.1) is 0 Å². The first kappa shape index (κ1) is 17.2. The van der Waals surface area contributed by atoms with Crippen molar-refractivity contribution in [3.8, 4) is 17.1 Å². The number of rotatable bonds is 6. The van der Waals surface area contributed by atoms with Crippen LogP contribution in [0.5, 0.6) is 5.75 Å². The molecule has 0 saturated heterocycles. The molecule has 0 spiro atoms. The first-order valence-corrected chi connectivity index (χ1v) is 8.97. The van der Waals surface area contributed by atoms with Crippen molar-refractivity contribution in [2.45, 2.75) is 5.75 Å². The number of hydrogen-bond acceptors (Lipinski definition) is 6. The predicted octanol–water partition coefficient (Wildman–Crippen LogP) is 4.29. The summed E-state index contributed by atoms with van der Waals surface area (Å²) in [6.45, 7) is 0. The van der Waals surface area contributed by atoms with Gasteiger partial charge in [-0.3, -0.25) is 0 Å². The van der Waals surface area contributed by atoms with Crippen molar-refractivity contribution in [3.05, 3.63) is 60.2 Å². The summed E-state index contributed by atoms with van der Waals surface area (Å²) >= 11 is 1.76. The van der Waals surface area contributed by atoms with Gasteiger partial charge in [0.25, 0.3) is 0 Å². The Kier molecular flexibility index (Phi) is 5.45. The summed E-state index contributed by atoms with van der Waals surface area (Å²) in [6.07, 6.45) is 3.48. The lowest BCUT2D eigenvalue weighted by Gasteiger charge is -2.09. The molecule has 1 N–H and O–H groups in total. The number of hydrogen-bond donors (Lipinski definition) is 1. The lowest BCUT2D eigenvalue weighted by molar-refractivity contribution is 0.412. The number of methoxy groups -OCH3 is 1. The molecule has 3 aromatic rings. The molecule has 0 radical (unpaired) electrons. The maximum absolute atomic E-state index is 13.4.